The largest absolute Gasteiger partial charge is 0.478 e. The van der Waals surface area contributed by atoms with Gasteiger partial charge in [0.2, 0.25) is 0 Å². The Bertz CT molecular complexity index is 464. The van der Waals surface area contributed by atoms with E-state index in [1.165, 1.54) is 19.3 Å². The fourth-order valence-electron chi connectivity index (χ4n) is 2.59. The molecule has 0 aliphatic carbocycles. The zero-order valence-corrected chi connectivity index (χ0v) is 12.4. The van der Waals surface area contributed by atoms with Gasteiger partial charge in [0.15, 0.2) is 0 Å². The van der Waals surface area contributed by atoms with Crippen molar-refractivity contribution in [3.05, 3.63) is 23.4 Å². The van der Waals surface area contributed by atoms with Crippen LogP contribution in [0, 0.1) is 0 Å². The zero-order valence-electron chi connectivity index (χ0n) is 12.4. The van der Waals surface area contributed by atoms with Crippen molar-refractivity contribution in [2.75, 3.05) is 18.0 Å². The van der Waals surface area contributed by atoms with Crippen LogP contribution in [-0.4, -0.2) is 29.1 Å². The summed E-state index contributed by atoms with van der Waals surface area (Å²) in [4.78, 5) is 18.2. The van der Waals surface area contributed by atoms with Gasteiger partial charge in [-0.1, -0.05) is 33.1 Å². The lowest BCUT2D eigenvalue weighted by Crippen LogP contribution is -2.28. The summed E-state index contributed by atoms with van der Waals surface area (Å²) in [6.45, 7) is 6.05. The molecule has 0 saturated carbocycles. The molecule has 0 bridgehead atoms. The molecule has 0 radical (unpaired) electrons. The molecule has 0 atom stereocenters. The van der Waals surface area contributed by atoms with Crippen molar-refractivity contribution in [2.45, 2.75) is 51.9 Å². The summed E-state index contributed by atoms with van der Waals surface area (Å²) in [5.74, 6) is 0.195. The van der Waals surface area contributed by atoms with Gasteiger partial charge < -0.3 is 10.0 Å². The van der Waals surface area contributed by atoms with Crippen LogP contribution >= 0.6 is 0 Å². The first-order valence-corrected chi connectivity index (χ1v) is 7.58. The fourth-order valence-corrected chi connectivity index (χ4v) is 2.59. The average molecular weight is 276 g/mol. The topological polar surface area (TPSA) is 53.4 Å². The van der Waals surface area contributed by atoms with Crippen molar-refractivity contribution in [3.63, 3.8) is 0 Å². The molecular formula is C16H24N2O2. The lowest BCUT2D eigenvalue weighted by molar-refractivity contribution is 0.0696. The third-order valence-electron chi connectivity index (χ3n) is 3.85. The lowest BCUT2D eigenvalue weighted by Gasteiger charge is -2.26. The highest BCUT2D eigenvalue weighted by Crippen LogP contribution is 2.22. The van der Waals surface area contributed by atoms with Gasteiger partial charge in [0.1, 0.15) is 5.82 Å². The van der Waals surface area contributed by atoms with E-state index < -0.39 is 5.97 Å². The number of hydrogen-bond donors (Lipinski definition) is 1. The van der Waals surface area contributed by atoms with E-state index in [-0.39, 0.29) is 5.92 Å². The Morgan fingerprint density at radius 2 is 1.75 bits per heavy atom. The molecule has 1 saturated heterocycles. The summed E-state index contributed by atoms with van der Waals surface area (Å²) in [5.41, 5.74) is 1.21. The Hall–Kier alpha value is -1.58. The summed E-state index contributed by atoms with van der Waals surface area (Å²) in [6, 6.07) is 3.41. The van der Waals surface area contributed by atoms with Gasteiger partial charge in [-0.2, -0.15) is 0 Å². The number of hydrogen-bond acceptors (Lipinski definition) is 3. The van der Waals surface area contributed by atoms with E-state index in [1.807, 2.05) is 13.8 Å². The van der Waals surface area contributed by atoms with Crippen LogP contribution in [0.2, 0.25) is 0 Å². The smallest absolute Gasteiger partial charge is 0.335 e. The Labute approximate surface area is 120 Å². The van der Waals surface area contributed by atoms with E-state index in [4.69, 9.17) is 0 Å². The molecule has 0 spiro atoms. The third kappa shape index (κ3) is 3.71. The quantitative estimate of drug-likeness (QED) is 0.915. The summed E-state index contributed by atoms with van der Waals surface area (Å²) >= 11 is 0. The molecule has 1 fully saturated rings. The normalized spacial score (nSPS) is 16.9. The molecule has 1 N–H and O–H groups in total. The fraction of sp³-hybridized carbons (Fsp3) is 0.625. The number of aromatic carboxylic acids is 1. The highest BCUT2D eigenvalue weighted by molar-refractivity contribution is 5.88. The minimum Gasteiger partial charge on any atom is -0.478 e. The number of aromatic nitrogens is 1. The van der Waals surface area contributed by atoms with E-state index in [9.17, 15) is 9.90 Å². The number of anilines is 1. The van der Waals surface area contributed by atoms with Crippen LogP contribution in [-0.2, 0) is 0 Å². The Kier molecular flexibility index (Phi) is 4.99. The average Bonchev–Trinajstić information content (AvgIpc) is 2.37. The standard InChI is InChI=1S/C16H24N2O2/c1-12(2)14-10-13(16(19)20)11-15(17-14)18-8-6-4-3-5-7-9-18/h10-12H,3-9H2,1-2H3,(H,19,20). The van der Waals surface area contributed by atoms with E-state index in [1.54, 1.807) is 12.1 Å². The number of carboxylic acids is 1. The van der Waals surface area contributed by atoms with Crippen LogP contribution in [0.1, 0.15) is 67.9 Å². The van der Waals surface area contributed by atoms with Gasteiger partial charge >= 0.3 is 5.97 Å². The molecule has 110 valence electrons. The molecule has 2 rings (SSSR count). The molecule has 1 aromatic rings. The molecule has 4 heteroatoms. The number of nitrogens with zero attached hydrogens (tertiary/aromatic N) is 2. The highest BCUT2D eigenvalue weighted by atomic mass is 16.4. The second-order valence-electron chi connectivity index (χ2n) is 5.85. The number of pyridine rings is 1. The first-order valence-electron chi connectivity index (χ1n) is 7.58. The maximum Gasteiger partial charge on any atom is 0.335 e. The van der Waals surface area contributed by atoms with Gasteiger partial charge in [0, 0.05) is 18.8 Å². The van der Waals surface area contributed by atoms with Crippen molar-refractivity contribution >= 4 is 11.8 Å². The van der Waals surface area contributed by atoms with Gasteiger partial charge in [-0.15, -0.1) is 0 Å². The van der Waals surface area contributed by atoms with Gasteiger partial charge in [-0.25, -0.2) is 9.78 Å². The molecular weight excluding hydrogens is 252 g/mol. The molecule has 1 aromatic heterocycles. The number of rotatable bonds is 3. The van der Waals surface area contributed by atoms with Crippen LogP contribution in [0.3, 0.4) is 0 Å². The highest BCUT2D eigenvalue weighted by Gasteiger charge is 2.16. The molecule has 20 heavy (non-hydrogen) atoms. The summed E-state index contributed by atoms with van der Waals surface area (Å²) in [6.07, 6.45) is 6.15. The van der Waals surface area contributed by atoms with E-state index >= 15 is 0 Å². The Morgan fingerprint density at radius 3 is 2.30 bits per heavy atom. The second kappa shape index (κ2) is 6.73. The number of carboxylic acid groups (broad SMARTS) is 1. The van der Waals surface area contributed by atoms with Crippen LogP contribution in [0.25, 0.3) is 0 Å². The predicted molar refractivity (Wildman–Crippen MR) is 80.6 cm³/mol. The van der Waals surface area contributed by atoms with Crippen LogP contribution in [0.5, 0.6) is 0 Å². The summed E-state index contributed by atoms with van der Waals surface area (Å²) in [5, 5.41) is 9.27. The first-order chi connectivity index (χ1) is 9.58. The van der Waals surface area contributed by atoms with Gasteiger partial charge in [-0.05, 0) is 30.9 Å². The van der Waals surface area contributed by atoms with Crippen LogP contribution in [0.15, 0.2) is 12.1 Å². The maximum atomic E-state index is 11.3. The molecule has 1 aliphatic heterocycles. The summed E-state index contributed by atoms with van der Waals surface area (Å²) < 4.78 is 0. The zero-order chi connectivity index (χ0) is 14.5. The van der Waals surface area contributed by atoms with E-state index in [0.29, 0.717) is 5.56 Å². The van der Waals surface area contributed by atoms with Gasteiger partial charge in [-0.3, -0.25) is 0 Å². The molecule has 0 unspecified atom stereocenters. The monoisotopic (exact) mass is 276 g/mol. The maximum absolute atomic E-state index is 11.3. The van der Waals surface area contributed by atoms with Crippen molar-refractivity contribution < 1.29 is 9.90 Å². The molecule has 0 aromatic carbocycles. The van der Waals surface area contributed by atoms with Crippen molar-refractivity contribution in [3.8, 4) is 0 Å². The molecule has 1 aliphatic rings. The third-order valence-corrected chi connectivity index (χ3v) is 3.85. The minimum absolute atomic E-state index is 0.239. The molecule has 2 heterocycles. The predicted octanol–water partition coefficient (Wildman–Crippen LogP) is 3.67. The van der Waals surface area contributed by atoms with Gasteiger partial charge in [0.05, 0.1) is 5.56 Å². The lowest BCUT2D eigenvalue weighted by atomic mass is 10.1. The molecule has 0 amide bonds. The minimum atomic E-state index is -0.873. The SMILES string of the molecule is CC(C)c1cc(C(=O)O)cc(N2CCCCCCC2)n1. The van der Waals surface area contributed by atoms with E-state index in [2.05, 4.69) is 9.88 Å². The van der Waals surface area contributed by atoms with Gasteiger partial charge in [0.25, 0.3) is 0 Å². The van der Waals surface area contributed by atoms with Crippen molar-refractivity contribution in [2.24, 2.45) is 0 Å². The first kappa shape index (κ1) is 14.8. The van der Waals surface area contributed by atoms with Crippen molar-refractivity contribution in [1.29, 1.82) is 0 Å². The van der Waals surface area contributed by atoms with Crippen molar-refractivity contribution in [1.82, 2.24) is 4.98 Å². The Morgan fingerprint density at radius 1 is 1.15 bits per heavy atom. The van der Waals surface area contributed by atoms with E-state index in [0.717, 1.165) is 37.4 Å². The summed E-state index contributed by atoms with van der Waals surface area (Å²) in [7, 11) is 0. The van der Waals surface area contributed by atoms with Crippen LogP contribution in [0.4, 0.5) is 5.82 Å². The molecule has 4 nitrogen and oxygen atoms in total. The number of carbonyl (C=O) groups is 1. The van der Waals surface area contributed by atoms with Crippen LogP contribution < -0.4 is 4.90 Å². The second-order valence-corrected chi connectivity index (χ2v) is 5.85. The Balaban J connectivity index is 2.30.